The predicted octanol–water partition coefficient (Wildman–Crippen LogP) is 1.66. The molecule has 1 atom stereocenters. The van der Waals surface area contributed by atoms with Crippen molar-refractivity contribution in [2.45, 2.75) is 32.9 Å². The van der Waals surface area contributed by atoms with Crippen molar-refractivity contribution in [2.24, 2.45) is 5.92 Å². The van der Waals surface area contributed by atoms with Crippen LogP contribution in [-0.2, 0) is 11.3 Å². The molecule has 3 amide bonds. The Bertz CT molecular complexity index is 503. The van der Waals surface area contributed by atoms with Crippen LogP contribution in [0.1, 0.15) is 25.8 Å². The van der Waals surface area contributed by atoms with E-state index in [2.05, 4.69) is 16.0 Å². The lowest BCUT2D eigenvalue weighted by molar-refractivity contribution is -0.122. The smallest absolute Gasteiger partial charge is 0.315 e. The Morgan fingerprint density at radius 2 is 1.91 bits per heavy atom. The fraction of sp³-hybridized carbons (Fsp3) is 0.500. The minimum Gasteiger partial charge on any atom is -0.496 e. The maximum atomic E-state index is 12.0. The second kappa shape index (κ2) is 8.92. The van der Waals surface area contributed by atoms with Crippen LogP contribution in [0.2, 0.25) is 0 Å². The number of rotatable bonds is 7. The van der Waals surface area contributed by atoms with Crippen molar-refractivity contribution in [3.63, 3.8) is 0 Å². The van der Waals surface area contributed by atoms with E-state index < -0.39 is 6.04 Å². The number of para-hydroxylation sites is 1. The molecule has 0 saturated carbocycles. The molecule has 0 aliphatic heterocycles. The molecule has 0 bridgehead atoms. The highest BCUT2D eigenvalue weighted by molar-refractivity contribution is 5.86. The van der Waals surface area contributed by atoms with Gasteiger partial charge in [-0.25, -0.2) is 4.79 Å². The third-order valence-electron chi connectivity index (χ3n) is 3.21. The zero-order chi connectivity index (χ0) is 16.5. The summed E-state index contributed by atoms with van der Waals surface area (Å²) >= 11 is 0. The molecular formula is C16H25N3O3. The highest BCUT2D eigenvalue weighted by Gasteiger charge is 2.20. The van der Waals surface area contributed by atoms with Crippen molar-refractivity contribution in [3.8, 4) is 5.75 Å². The second-order valence-electron chi connectivity index (χ2n) is 5.44. The zero-order valence-corrected chi connectivity index (χ0v) is 13.6. The van der Waals surface area contributed by atoms with E-state index >= 15 is 0 Å². The molecule has 0 fully saturated rings. The molecule has 0 aliphatic carbocycles. The van der Waals surface area contributed by atoms with Gasteiger partial charge in [0.1, 0.15) is 11.8 Å². The molecule has 6 heteroatoms. The van der Waals surface area contributed by atoms with Gasteiger partial charge in [0.05, 0.1) is 7.11 Å². The van der Waals surface area contributed by atoms with Crippen molar-refractivity contribution in [1.82, 2.24) is 16.0 Å². The number of amides is 3. The Hall–Kier alpha value is -2.24. The molecule has 122 valence electrons. The van der Waals surface area contributed by atoms with E-state index in [0.717, 1.165) is 5.56 Å². The predicted molar refractivity (Wildman–Crippen MR) is 85.7 cm³/mol. The van der Waals surface area contributed by atoms with Gasteiger partial charge in [0.25, 0.3) is 0 Å². The quantitative estimate of drug-likeness (QED) is 0.716. The molecule has 1 aromatic rings. The number of urea groups is 1. The molecule has 0 aromatic heterocycles. The van der Waals surface area contributed by atoms with Crippen LogP contribution in [0.5, 0.6) is 5.75 Å². The summed E-state index contributed by atoms with van der Waals surface area (Å²) < 4.78 is 5.23. The molecule has 0 aliphatic rings. The van der Waals surface area contributed by atoms with Gasteiger partial charge in [-0.1, -0.05) is 32.0 Å². The first-order chi connectivity index (χ1) is 10.5. The number of carbonyl (C=O) groups is 2. The lowest BCUT2D eigenvalue weighted by atomic mass is 10.0. The Labute approximate surface area is 131 Å². The van der Waals surface area contributed by atoms with E-state index in [1.54, 1.807) is 14.2 Å². The van der Waals surface area contributed by atoms with Crippen LogP contribution in [-0.4, -0.2) is 32.1 Å². The number of hydrogen-bond acceptors (Lipinski definition) is 3. The van der Waals surface area contributed by atoms with E-state index in [-0.39, 0.29) is 11.9 Å². The highest BCUT2D eigenvalue weighted by atomic mass is 16.5. The molecule has 0 unspecified atom stereocenters. The lowest BCUT2D eigenvalue weighted by Gasteiger charge is -2.19. The van der Waals surface area contributed by atoms with Crippen LogP contribution in [0.25, 0.3) is 0 Å². The zero-order valence-electron chi connectivity index (χ0n) is 13.6. The summed E-state index contributed by atoms with van der Waals surface area (Å²) in [5, 5.41) is 8.02. The highest BCUT2D eigenvalue weighted by Crippen LogP contribution is 2.16. The Balaban J connectivity index is 2.58. The van der Waals surface area contributed by atoms with Crippen LogP contribution in [0, 0.1) is 5.92 Å². The Morgan fingerprint density at radius 3 is 2.50 bits per heavy atom. The number of carbonyl (C=O) groups excluding carboxylic acids is 2. The number of benzene rings is 1. The fourth-order valence-electron chi connectivity index (χ4n) is 2.11. The standard InChI is InChI=1S/C16H25N3O3/c1-11(2)9-13(15(20)17-3)19-16(21)18-10-12-7-5-6-8-14(12)22-4/h5-8,11,13H,9-10H2,1-4H3,(H,17,20)(H2,18,19,21)/t13-/m1/s1. The van der Waals surface area contributed by atoms with Gasteiger partial charge in [-0.3, -0.25) is 4.79 Å². The van der Waals surface area contributed by atoms with E-state index in [1.807, 2.05) is 38.1 Å². The van der Waals surface area contributed by atoms with Gasteiger partial charge in [-0.15, -0.1) is 0 Å². The molecule has 1 rings (SSSR count). The average Bonchev–Trinajstić information content (AvgIpc) is 2.51. The normalized spacial score (nSPS) is 11.7. The van der Waals surface area contributed by atoms with Gasteiger partial charge in [-0.05, 0) is 18.4 Å². The molecular weight excluding hydrogens is 282 g/mol. The van der Waals surface area contributed by atoms with Crippen LogP contribution < -0.4 is 20.7 Å². The Kier molecular flexibility index (Phi) is 7.22. The van der Waals surface area contributed by atoms with Crippen molar-refractivity contribution in [1.29, 1.82) is 0 Å². The Morgan fingerprint density at radius 1 is 1.23 bits per heavy atom. The number of ether oxygens (including phenoxy) is 1. The number of likely N-dealkylation sites (N-methyl/N-ethyl adjacent to an activating group) is 1. The first-order valence-electron chi connectivity index (χ1n) is 7.35. The molecule has 0 saturated heterocycles. The maximum Gasteiger partial charge on any atom is 0.315 e. The van der Waals surface area contributed by atoms with Gasteiger partial charge < -0.3 is 20.7 Å². The molecule has 0 heterocycles. The third-order valence-corrected chi connectivity index (χ3v) is 3.21. The van der Waals surface area contributed by atoms with Crippen molar-refractivity contribution in [2.75, 3.05) is 14.2 Å². The van der Waals surface area contributed by atoms with Crippen LogP contribution >= 0.6 is 0 Å². The summed E-state index contributed by atoms with van der Waals surface area (Å²) in [5.74, 6) is 0.825. The summed E-state index contributed by atoms with van der Waals surface area (Å²) in [7, 11) is 3.15. The molecule has 0 radical (unpaired) electrons. The van der Waals surface area contributed by atoms with Crippen molar-refractivity contribution >= 4 is 11.9 Å². The largest absolute Gasteiger partial charge is 0.496 e. The molecule has 6 nitrogen and oxygen atoms in total. The van der Waals surface area contributed by atoms with Gasteiger partial charge in [0.2, 0.25) is 5.91 Å². The van der Waals surface area contributed by atoms with E-state index in [0.29, 0.717) is 24.6 Å². The molecule has 22 heavy (non-hydrogen) atoms. The first-order valence-corrected chi connectivity index (χ1v) is 7.35. The number of hydrogen-bond donors (Lipinski definition) is 3. The monoisotopic (exact) mass is 307 g/mol. The maximum absolute atomic E-state index is 12.0. The third kappa shape index (κ3) is 5.63. The van der Waals surface area contributed by atoms with Gasteiger partial charge in [0, 0.05) is 19.2 Å². The van der Waals surface area contributed by atoms with Crippen LogP contribution in [0.4, 0.5) is 4.79 Å². The van der Waals surface area contributed by atoms with E-state index in [4.69, 9.17) is 4.74 Å². The van der Waals surface area contributed by atoms with Crippen molar-refractivity contribution in [3.05, 3.63) is 29.8 Å². The molecule has 1 aromatic carbocycles. The summed E-state index contributed by atoms with van der Waals surface area (Å²) in [5.41, 5.74) is 0.875. The summed E-state index contributed by atoms with van der Waals surface area (Å²) in [4.78, 5) is 23.8. The number of nitrogens with one attached hydrogen (secondary N) is 3. The fourth-order valence-corrected chi connectivity index (χ4v) is 2.11. The summed E-state index contributed by atoms with van der Waals surface area (Å²) in [6, 6.07) is 6.54. The van der Waals surface area contributed by atoms with Crippen molar-refractivity contribution < 1.29 is 14.3 Å². The van der Waals surface area contributed by atoms with Gasteiger partial charge in [0.15, 0.2) is 0 Å². The molecule has 0 spiro atoms. The second-order valence-corrected chi connectivity index (χ2v) is 5.44. The number of methoxy groups -OCH3 is 1. The van der Waals surface area contributed by atoms with Crippen LogP contribution in [0.15, 0.2) is 24.3 Å². The minimum atomic E-state index is -0.539. The van der Waals surface area contributed by atoms with Gasteiger partial charge in [-0.2, -0.15) is 0 Å². The minimum absolute atomic E-state index is 0.193. The summed E-state index contributed by atoms with van der Waals surface area (Å²) in [6.45, 7) is 4.34. The van der Waals surface area contributed by atoms with E-state index in [1.165, 1.54) is 0 Å². The molecule has 3 N–H and O–H groups in total. The lowest BCUT2D eigenvalue weighted by Crippen LogP contribution is -2.49. The SMILES string of the molecule is CNC(=O)[C@@H](CC(C)C)NC(=O)NCc1ccccc1OC. The topological polar surface area (TPSA) is 79.5 Å². The van der Waals surface area contributed by atoms with Gasteiger partial charge >= 0.3 is 6.03 Å². The van der Waals surface area contributed by atoms with Crippen LogP contribution in [0.3, 0.4) is 0 Å². The average molecular weight is 307 g/mol. The first kappa shape index (κ1) is 17.8. The summed E-state index contributed by atoms with van der Waals surface area (Å²) in [6.07, 6.45) is 0.585. The van der Waals surface area contributed by atoms with E-state index in [9.17, 15) is 9.59 Å².